The number of nitrogens with one attached hydrogen (secondary N) is 1. The zero-order chi connectivity index (χ0) is 18.8. The molecule has 1 aromatic rings. The van der Waals surface area contributed by atoms with E-state index >= 15 is 0 Å². The van der Waals surface area contributed by atoms with Crippen LogP contribution in [0.3, 0.4) is 0 Å². The van der Waals surface area contributed by atoms with Crippen LogP contribution in [0.2, 0.25) is 0 Å². The number of aromatic nitrogens is 2. The summed E-state index contributed by atoms with van der Waals surface area (Å²) in [6.45, 7) is 6.97. The lowest BCUT2D eigenvalue weighted by Gasteiger charge is -2.35. The number of aryl methyl sites for hydroxylation is 1. The van der Waals surface area contributed by atoms with Gasteiger partial charge in [0.05, 0.1) is 25.1 Å². The van der Waals surface area contributed by atoms with Crippen molar-refractivity contribution in [3.8, 4) is 0 Å². The number of ether oxygens (including phenoxy) is 2. The molecule has 0 unspecified atom stereocenters. The molecule has 1 aromatic heterocycles. The Labute approximate surface area is 178 Å². The Morgan fingerprint density at radius 2 is 2.15 bits per heavy atom. The van der Waals surface area contributed by atoms with Crippen LogP contribution in [0.15, 0.2) is 17.4 Å². The number of anilines is 1. The van der Waals surface area contributed by atoms with E-state index in [2.05, 4.69) is 15.4 Å². The summed E-state index contributed by atoms with van der Waals surface area (Å²) in [5, 5.41) is 7.41. The maximum absolute atomic E-state index is 12.5. The van der Waals surface area contributed by atoms with Crippen molar-refractivity contribution in [2.45, 2.75) is 13.3 Å². The second-order valence-corrected chi connectivity index (χ2v) is 6.03. The van der Waals surface area contributed by atoms with Gasteiger partial charge < -0.3 is 24.6 Å². The molecule has 1 saturated heterocycles. The second kappa shape index (κ2) is 12.9. The third-order valence-corrected chi connectivity index (χ3v) is 4.00. The first-order chi connectivity index (χ1) is 12.7. The predicted octanol–water partition coefficient (Wildman–Crippen LogP) is 0.705. The predicted molar refractivity (Wildman–Crippen MR) is 116 cm³/mol. The number of nitrogens with zero attached hydrogens (tertiary/aromatic N) is 5. The number of hydrogen-bond acceptors (Lipinski definition) is 5. The Bertz CT molecular complexity index is 595. The second-order valence-electron chi connectivity index (χ2n) is 6.03. The average molecular weight is 494 g/mol. The van der Waals surface area contributed by atoms with E-state index in [4.69, 9.17) is 9.47 Å². The van der Waals surface area contributed by atoms with E-state index in [0.29, 0.717) is 39.5 Å². The van der Waals surface area contributed by atoms with Gasteiger partial charge in [0, 0.05) is 53.1 Å². The first kappa shape index (κ1) is 23.6. The summed E-state index contributed by atoms with van der Waals surface area (Å²) in [7, 11) is 3.50. The number of amides is 1. The molecule has 2 heterocycles. The highest BCUT2D eigenvalue weighted by Crippen LogP contribution is 2.16. The molecule has 0 atom stereocenters. The van der Waals surface area contributed by atoms with E-state index < -0.39 is 0 Å². The Kier molecular flexibility index (Phi) is 11.3. The van der Waals surface area contributed by atoms with E-state index in [1.165, 1.54) is 0 Å². The molecule has 0 aromatic carbocycles. The topological polar surface area (TPSA) is 84.2 Å². The van der Waals surface area contributed by atoms with Crippen molar-refractivity contribution in [2.75, 3.05) is 64.6 Å². The largest absolute Gasteiger partial charge is 0.382 e. The van der Waals surface area contributed by atoms with Gasteiger partial charge in [-0.25, -0.2) is 0 Å². The van der Waals surface area contributed by atoms with Crippen molar-refractivity contribution in [3.63, 3.8) is 0 Å². The first-order valence-electron chi connectivity index (χ1n) is 9.04. The fourth-order valence-electron chi connectivity index (χ4n) is 2.70. The van der Waals surface area contributed by atoms with Gasteiger partial charge in [-0.2, -0.15) is 5.10 Å². The molecule has 1 N–H and O–H groups in total. The molecule has 154 valence electrons. The lowest BCUT2D eigenvalue weighted by Crippen LogP contribution is -2.55. The number of methoxy groups -OCH3 is 1. The van der Waals surface area contributed by atoms with Gasteiger partial charge in [0.1, 0.15) is 6.54 Å². The minimum absolute atomic E-state index is 0. The average Bonchev–Trinajstić information content (AvgIpc) is 3.06. The first-order valence-corrected chi connectivity index (χ1v) is 9.04. The van der Waals surface area contributed by atoms with Gasteiger partial charge in [0.15, 0.2) is 5.96 Å². The summed E-state index contributed by atoms with van der Waals surface area (Å²) in [5.74, 6) is 0.835. The molecule has 27 heavy (non-hydrogen) atoms. The number of carbonyl (C=O) groups is 1. The van der Waals surface area contributed by atoms with E-state index in [0.717, 1.165) is 31.2 Å². The van der Waals surface area contributed by atoms with Crippen molar-refractivity contribution >= 4 is 41.5 Å². The molecule has 0 radical (unpaired) electrons. The van der Waals surface area contributed by atoms with Crippen LogP contribution in [-0.4, -0.2) is 86.2 Å². The molecule has 1 aliphatic rings. The standard InChI is InChI=1S/C17H30N6O3.HI/c1-4-18-17(19-6-5-9-26-11-10-25-3)22-7-8-23(16(24)14-22)15-12-20-21(2)13-15;/h12-13H,4-11,14H2,1-3H3,(H,18,19);1H. The third-order valence-electron chi connectivity index (χ3n) is 4.00. The minimum Gasteiger partial charge on any atom is -0.382 e. The number of rotatable bonds is 9. The third kappa shape index (κ3) is 7.62. The summed E-state index contributed by atoms with van der Waals surface area (Å²) in [4.78, 5) is 20.9. The van der Waals surface area contributed by atoms with Crippen LogP contribution < -0.4 is 10.2 Å². The maximum atomic E-state index is 12.5. The van der Waals surface area contributed by atoms with Crippen LogP contribution in [-0.2, 0) is 21.3 Å². The molecule has 2 rings (SSSR count). The zero-order valence-corrected chi connectivity index (χ0v) is 18.7. The Morgan fingerprint density at radius 3 is 2.78 bits per heavy atom. The molecule has 9 nitrogen and oxygen atoms in total. The van der Waals surface area contributed by atoms with Crippen LogP contribution in [0.4, 0.5) is 5.69 Å². The van der Waals surface area contributed by atoms with Crippen LogP contribution >= 0.6 is 24.0 Å². The van der Waals surface area contributed by atoms with Crippen molar-refractivity contribution < 1.29 is 14.3 Å². The molecule has 1 amide bonds. The summed E-state index contributed by atoms with van der Waals surface area (Å²) in [5.41, 5.74) is 0.840. The van der Waals surface area contributed by atoms with E-state index in [-0.39, 0.29) is 29.9 Å². The van der Waals surface area contributed by atoms with Gasteiger partial charge in [0.2, 0.25) is 5.91 Å². The number of piperazine rings is 1. The molecule has 0 bridgehead atoms. The number of aliphatic imine (C=N–C) groups is 1. The molecular weight excluding hydrogens is 463 g/mol. The highest BCUT2D eigenvalue weighted by molar-refractivity contribution is 14.0. The Hall–Kier alpha value is -1.40. The van der Waals surface area contributed by atoms with Gasteiger partial charge in [-0.1, -0.05) is 0 Å². The van der Waals surface area contributed by atoms with Gasteiger partial charge >= 0.3 is 0 Å². The highest BCUT2D eigenvalue weighted by Gasteiger charge is 2.27. The van der Waals surface area contributed by atoms with Crippen LogP contribution in [0.25, 0.3) is 0 Å². The summed E-state index contributed by atoms with van der Waals surface area (Å²) < 4.78 is 12.1. The Morgan fingerprint density at radius 1 is 1.33 bits per heavy atom. The van der Waals surface area contributed by atoms with Crippen LogP contribution in [0.1, 0.15) is 13.3 Å². The summed E-state index contributed by atoms with van der Waals surface area (Å²) in [6, 6.07) is 0. The lowest BCUT2D eigenvalue weighted by atomic mass is 10.3. The maximum Gasteiger partial charge on any atom is 0.246 e. The van der Waals surface area contributed by atoms with Crippen LogP contribution in [0.5, 0.6) is 0 Å². The summed E-state index contributed by atoms with van der Waals surface area (Å²) >= 11 is 0. The molecule has 0 saturated carbocycles. The molecular formula is C17H31IN6O3. The molecule has 0 spiro atoms. The Balaban J connectivity index is 0.00000364. The molecule has 0 aliphatic carbocycles. The molecule has 10 heteroatoms. The van der Waals surface area contributed by atoms with E-state index in [1.807, 2.05) is 25.1 Å². The lowest BCUT2D eigenvalue weighted by molar-refractivity contribution is -0.120. The van der Waals surface area contributed by atoms with Gasteiger partial charge in [0.25, 0.3) is 0 Å². The van der Waals surface area contributed by atoms with E-state index in [1.54, 1.807) is 22.9 Å². The SMILES string of the molecule is CCNC(=NCCCOCCOC)N1CCN(c2cnn(C)c2)C(=O)C1.I. The normalized spacial score (nSPS) is 15.1. The molecule has 1 fully saturated rings. The zero-order valence-electron chi connectivity index (χ0n) is 16.4. The van der Waals surface area contributed by atoms with Crippen LogP contribution in [0, 0.1) is 0 Å². The van der Waals surface area contributed by atoms with Crippen molar-refractivity contribution in [2.24, 2.45) is 12.0 Å². The van der Waals surface area contributed by atoms with Gasteiger partial charge in [-0.3, -0.25) is 14.5 Å². The number of guanidine groups is 1. The van der Waals surface area contributed by atoms with Gasteiger partial charge in [-0.05, 0) is 13.3 Å². The number of hydrogen-bond donors (Lipinski definition) is 1. The number of halogens is 1. The van der Waals surface area contributed by atoms with E-state index in [9.17, 15) is 4.79 Å². The smallest absolute Gasteiger partial charge is 0.246 e. The fourth-order valence-corrected chi connectivity index (χ4v) is 2.70. The highest BCUT2D eigenvalue weighted by atomic mass is 127. The van der Waals surface area contributed by atoms with Crippen molar-refractivity contribution in [3.05, 3.63) is 12.4 Å². The van der Waals surface area contributed by atoms with Crippen molar-refractivity contribution in [1.29, 1.82) is 0 Å². The summed E-state index contributed by atoms with van der Waals surface area (Å²) in [6.07, 6.45) is 4.41. The minimum atomic E-state index is 0. The number of carbonyl (C=O) groups excluding carboxylic acids is 1. The van der Waals surface area contributed by atoms with Crippen molar-refractivity contribution in [1.82, 2.24) is 20.0 Å². The quantitative estimate of drug-likeness (QED) is 0.236. The van der Waals surface area contributed by atoms with Gasteiger partial charge in [-0.15, -0.1) is 24.0 Å². The fraction of sp³-hybridized carbons (Fsp3) is 0.706. The monoisotopic (exact) mass is 494 g/mol. The molecule has 1 aliphatic heterocycles.